The van der Waals surface area contributed by atoms with Gasteiger partial charge in [0, 0.05) is 0 Å². The van der Waals surface area contributed by atoms with E-state index in [1.54, 1.807) is 18.2 Å². The molecule has 0 saturated carbocycles. The molecule has 0 aliphatic heterocycles. The van der Waals surface area contributed by atoms with Crippen molar-refractivity contribution in [2.75, 3.05) is 21.1 Å². The fourth-order valence-corrected chi connectivity index (χ4v) is 2.73. The van der Waals surface area contributed by atoms with Crippen molar-refractivity contribution in [1.82, 2.24) is 34.8 Å². The van der Waals surface area contributed by atoms with Gasteiger partial charge in [0.25, 0.3) is 17.2 Å². The smallest absolute Gasteiger partial charge is 0.307 e. The standard InChI is InChI=1S/C18N12.C3H9N/c1-22-16-9(6-21)27-12-10-11(26-8(5-20)7(4-19)25-10)14-15(13(12)28-16)30-18(24-3)17(23-2)29-14;1-4(2)3/h;1-3H3. The van der Waals surface area contributed by atoms with Crippen molar-refractivity contribution in [3.05, 3.63) is 51.3 Å². The first-order chi connectivity index (χ1) is 16.3. The van der Waals surface area contributed by atoms with Crippen LogP contribution in [0.15, 0.2) is 0 Å². The van der Waals surface area contributed by atoms with Crippen molar-refractivity contribution < 1.29 is 0 Å². The highest BCUT2D eigenvalue weighted by molar-refractivity contribution is 6.19. The molecule has 3 aromatic heterocycles. The van der Waals surface area contributed by atoms with Gasteiger partial charge in [-0.3, -0.25) is 0 Å². The van der Waals surface area contributed by atoms with Crippen LogP contribution in [0, 0.1) is 53.7 Å². The predicted molar refractivity (Wildman–Crippen MR) is 118 cm³/mol. The van der Waals surface area contributed by atoms with Gasteiger partial charge in [0.05, 0.1) is 0 Å². The number of fused-ring (bicyclic) bond motifs is 6. The fourth-order valence-electron chi connectivity index (χ4n) is 2.73. The third kappa shape index (κ3) is 3.78. The summed E-state index contributed by atoms with van der Waals surface area (Å²) in [6.07, 6.45) is 0. The van der Waals surface area contributed by atoms with Crippen molar-refractivity contribution in [3.63, 3.8) is 0 Å². The molecule has 1 aromatic carbocycles. The summed E-state index contributed by atoms with van der Waals surface area (Å²) in [7, 11) is 6.00. The van der Waals surface area contributed by atoms with Gasteiger partial charge in [-0.25, -0.2) is 15.0 Å². The maximum absolute atomic E-state index is 9.30. The number of rotatable bonds is 0. The van der Waals surface area contributed by atoms with E-state index in [1.807, 2.05) is 26.0 Å². The van der Waals surface area contributed by atoms with Gasteiger partial charge >= 0.3 is 5.82 Å². The first-order valence-corrected chi connectivity index (χ1v) is 9.04. The van der Waals surface area contributed by atoms with Crippen LogP contribution in [-0.2, 0) is 0 Å². The average molecular weight is 443 g/mol. The van der Waals surface area contributed by atoms with Gasteiger partial charge in [0.2, 0.25) is 11.0 Å². The molecule has 0 radical (unpaired) electrons. The van der Waals surface area contributed by atoms with Crippen LogP contribution in [0.25, 0.3) is 47.6 Å². The Labute approximate surface area is 192 Å². The molecule has 0 fully saturated rings. The van der Waals surface area contributed by atoms with E-state index >= 15 is 0 Å². The van der Waals surface area contributed by atoms with E-state index in [1.165, 1.54) is 0 Å². The topological polar surface area (TPSA) is 165 Å². The van der Waals surface area contributed by atoms with Crippen LogP contribution < -0.4 is 0 Å². The van der Waals surface area contributed by atoms with Gasteiger partial charge in [-0.2, -0.15) is 15.8 Å². The Kier molecular flexibility index (Phi) is 6.11. The molecule has 3 heterocycles. The summed E-state index contributed by atoms with van der Waals surface area (Å²) in [4.78, 5) is 36.4. The van der Waals surface area contributed by atoms with E-state index in [2.05, 4.69) is 44.4 Å². The van der Waals surface area contributed by atoms with Gasteiger partial charge in [-0.1, -0.05) is 19.7 Å². The summed E-state index contributed by atoms with van der Waals surface area (Å²) >= 11 is 0. The SMILES string of the molecule is CN(C)C.[C-]#[N+]c1nc2c(nc1C#N)c1nc(C#N)c(C#N)nc1c1nc([N+]#[C-])c([N+]#[C-])nc21. The van der Waals surface area contributed by atoms with Crippen molar-refractivity contribution in [1.29, 1.82) is 15.8 Å². The molecule has 158 valence electrons. The van der Waals surface area contributed by atoms with E-state index in [0.29, 0.717) is 0 Å². The number of hydrogen-bond donors (Lipinski definition) is 0. The second-order valence-electron chi connectivity index (χ2n) is 6.79. The Morgan fingerprint density at radius 3 is 1.09 bits per heavy atom. The van der Waals surface area contributed by atoms with E-state index < -0.39 is 0 Å². The molecule has 0 amide bonds. The van der Waals surface area contributed by atoms with Crippen LogP contribution in [-0.4, -0.2) is 55.9 Å². The lowest BCUT2D eigenvalue weighted by Gasteiger charge is -2.04. The lowest BCUT2D eigenvalue weighted by atomic mass is 10.1. The Balaban J connectivity index is 0.000000751. The van der Waals surface area contributed by atoms with E-state index in [-0.39, 0.29) is 67.6 Å². The van der Waals surface area contributed by atoms with Crippen molar-refractivity contribution >= 4 is 50.6 Å². The van der Waals surface area contributed by atoms with Gasteiger partial charge < -0.3 is 19.4 Å². The molecule has 0 unspecified atom stereocenters. The Hall–Kier alpha value is -5.86. The zero-order chi connectivity index (χ0) is 25.0. The third-order valence-corrected chi connectivity index (χ3v) is 3.94. The van der Waals surface area contributed by atoms with Crippen LogP contribution in [0.2, 0.25) is 0 Å². The zero-order valence-corrected chi connectivity index (χ0v) is 17.8. The molecule has 0 aliphatic rings. The molecule has 4 rings (SSSR count). The number of aromatic nitrogens is 6. The first-order valence-electron chi connectivity index (χ1n) is 9.04. The van der Waals surface area contributed by atoms with E-state index in [4.69, 9.17) is 19.7 Å². The van der Waals surface area contributed by atoms with Gasteiger partial charge in [-0.05, 0) is 21.1 Å². The highest BCUT2D eigenvalue weighted by Crippen LogP contribution is 2.35. The minimum atomic E-state index is -0.298. The maximum Gasteiger partial charge on any atom is 0.307 e. The quantitative estimate of drug-likeness (QED) is 0.291. The number of hydrogen-bond acceptors (Lipinski definition) is 10. The minimum Gasteiger partial charge on any atom is -0.370 e. The largest absolute Gasteiger partial charge is 0.370 e. The summed E-state index contributed by atoms with van der Waals surface area (Å²) in [5, 5.41) is 27.9. The fraction of sp³-hybridized carbons (Fsp3) is 0.143. The van der Waals surface area contributed by atoms with E-state index in [9.17, 15) is 15.8 Å². The normalized spacial score (nSPS) is 9.71. The molecule has 13 heteroatoms. The average Bonchev–Trinajstić information content (AvgIpc) is 2.85. The van der Waals surface area contributed by atoms with Crippen molar-refractivity contribution in [2.24, 2.45) is 0 Å². The summed E-state index contributed by atoms with van der Waals surface area (Å²) in [5.41, 5.74) is -0.854. The molecule has 0 atom stereocenters. The van der Waals surface area contributed by atoms with Gasteiger partial charge in [0.15, 0.2) is 17.1 Å². The molecule has 0 spiro atoms. The zero-order valence-electron chi connectivity index (χ0n) is 17.8. The van der Waals surface area contributed by atoms with Crippen LogP contribution in [0.5, 0.6) is 0 Å². The maximum atomic E-state index is 9.30. The molecule has 0 saturated heterocycles. The molecule has 0 aliphatic carbocycles. The number of benzene rings is 1. The summed E-state index contributed by atoms with van der Waals surface area (Å²) < 4.78 is 0. The molecule has 0 N–H and O–H groups in total. The van der Waals surface area contributed by atoms with Crippen LogP contribution >= 0.6 is 0 Å². The second-order valence-corrected chi connectivity index (χ2v) is 6.79. The van der Waals surface area contributed by atoms with Crippen LogP contribution in [0.4, 0.5) is 17.5 Å². The highest BCUT2D eigenvalue weighted by Gasteiger charge is 2.28. The molecule has 13 nitrogen and oxygen atoms in total. The molecule has 4 aromatic rings. The molecular weight excluding hydrogens is 434 g/mol. The number of nitrogens with zero attached hydrogens (tertiary/aromatic N) is 13. The number of nitriles is 3. The van der Waals surface area contributed by atoms with E-state index in [0.717, 1.165) is 0 Å². The predicted octanol–water partition coefficient (Wildman–Crippen LogP) is 2.96. The third-order valence-electron chi connectivity index (χ3n) is 3.94. The minimum absolute atomic E-state index is 0.000622. The molecule has 34 heavy (non-hydrogen) atoms. The monoisotopic (exact) mass is 443 g/mol. The lowest BCUT2D eigenvalue weighted by Crippen LogP contribution is -2.02. The first kappa shape index (κ1) is 22.8. The lowest BCUT2D eigenvalue weighted by molar-refractivity contribution is 0.505. The molecular formula is C21H9N13. The van der Waals surface area contributed by atoms with Crippen molar-refractivity contribution in [3.8, 4) is 18.2 Å². The second kappa shape index (κ2) is 9.10. The van der Waals surface area contributed by atoms with Gasteiger partial charge in [-0.15, -0.1) is 15.0 Å². The summed E-state index contributed by atoms with van der Waals surface area (Å²) in [6.45, 7) is 21.7. The Bertz CT molecular complexity index is 1400. The van der Waals surface area contributed by atoms with Crippen LogP contribution in [0.3, 0.4) is 0 Å². The van der Waals surface area contributed by atoms with Crippen molar-refractivity contribution in [2.45, 2.75) is 0 Å². The highest BCUT2D eigenvalue weighted by atomic mass is 15.0. The Morgan fingerprint density at radius 2 is 0.794 bits per heavy atom. The summed E-state index contributed by atoms with van der Waals surface area (Å²) in [6, 6.07) is 5.29. The van der Waals surface area contributed by atoms with Crippen LogP contribution in [0.1, 0.15) is 17.1 Å². The molecule has 0 bridgehead atoms. The Morgan fingerprint density at radius 1 is 0.529 bits per heavy atom. The van der Waals surface area contributed by atoms with Gasteiger partial charge in [0.1, 0.15) is 34.8 Å². The summed E-state index contributed by atoms with van der Waals surface area (Å²) in [5.74, 6) is -0.890.